The maximum Gasteiger partial charge on any atom is 0.129 e. The van der Waals surface area contributed by atoms with Crippen molar-refractivity contribution >= 4 is 11.9 Å². The van der Waals surface area contributed by atoms with Gasteiger partial charge < -0.3 is 5.73 Å². The van der Waals surface area contributed by atoms with Crippen LogP contribution in [0.4, 0.5) is 0 Å². The van der Waals surface area contributed by atoms with E-state index in [1.165, 1.54) is 0 Å². The van der Waals surface area contributed by atoms with Crippen LogP contribution < -0.4 is 5.73 Å². The standard InChI is InChI=1S/C5H9N3/c6-2-1-5-3-7-4-8-5/h3H,1-2,4,6H2. The molecule has 0 aromatic carbocycles. The molecular formula is C5H9N3. The Hall–Kier alpha value is -0.700. The fourth-order valence-electron chi connectivity index (χ4n) is 0.610. The predicted octanol–water partition coefficient (Wildman–Crippen LogP) is -0.182. The minimum Gasteiger partial charge on any atom is -0.330 e. The van der Waals surface area contributed by atoms with E-state index in [2.05, 4.69) is 9.98 Å². The Labute approximate surface area is 48.3 Å². The summed E-state index contributed by atoms with van der Waals surface area (Å²) in [5, 5.41) is 0. The average Bonchev–Trinajstić information content (AvgIpc) is 2.19. The zero-order valence-corrected chi connectivity index (χ0v) is 4.67. The van der Waals surface area contributed by atoms with Crippen LogP contribution in [0.2, 0.25) is 0 Å². The highest BCUT2D eigenvalue weighted by molar-refractivity contribution is 6.31. The molecule has 0 spiro atoms. The number of nitrogens with zero attached hydrogens (tertiary/aromatic N) is 2. The minimum absolute atomic E-state index is 0.606. The predicted molar refractivity (Wildman–Crippen MR) is 34.5 cm³/mol. The van der Waals surface area contributed by atoms with Crippen molar-refractivity contribution in [2.24, 2.45) is 15.7 Å². The number of hydrogen-bond donors (Lipinski definition) is 1. The molecule has 0 aromatic rings. The van der Waals surface area contributed by atoms with Gasteiger partial charge in [0.15, 0.2) is 0 Å². The molecule has 1 heterocycles. The van der Waals surface area contributed by atoms with Gasteiger partial charge in [0.05, 0.1) is 5.71 Å². The van der Waals surface area contributed by atoms with Crippen LogP contribution in [-0.4, -0.2) is 25.1 Å². The van der Waals surface area contributed by atoms with E-state index in [4.69, 9.17) is 5.73 Å². The van der Waals surface area contributed by atoms with Crippen LogP contribution in [-0.2, 0) is 0 Å². The quantitative estimate of drug-likeness (QED) is 0.528. The second kappa shape index (κ2) is 2.57. The van der Waals surface area contributed by atoms with Gasteiger partial charge in [-0.2, -0.15) is 0 Å². The number of hydrogen-bond acceptors (Lipinski definition) is 3. The molecule has 8 heavy (non-hydrogen) atoms. The first-order chi connectivity index (χ1) is 3.93. The molecule has 3 heteroatoms. The smallest absolute Gasteiger partial charge is 0.129 e. The Morgan fingerprint density at radius 3 is 3.12 bits per heavy atom. The van der Waals surface area contributed by atoms with Gasteiger partial charge in [-0.15, -0.1) is 0 Å². The van der Waals surface area contributed by atoms with E-state index in [1.807, 2.05) is 0 Å². The van der Waals surface area contributed by atoms with E-state index >= 15 is 0 Å². The van der Waals surface area contributed by atoms with Crippen molar-refractivity contribution in [3.63, 3.8) is 0 Å². The summed E-state index contributed by atoms with van der Waals surface area (Å²) in [5.74, 6) is 0. The molecule has 0 saturated heterocycles. The van der Waals surface area contributed by atoms with Crippen LogP contribution in [0.25, 0.3) is 0 Å². The third kappa shape index (κ3) is 1.13. The topological polar surface area (TPSA) is 50.7 Å². The molecule has 0 fully saturated rings. The Kier molecular flexibility index (Phi) is 1.75. The summed E-state index contributed by atoms with van der Waals surface area (Å²) in [6, 6.07) is 0. The highest BCUT2D eigenvalue weighted by Gasteiger charge is 1.96. The third-order valence-electron chi connectivity index (χ3n) is 0.996. The molecule has 0 aromatic heterocycles. The number of nitrogens with two attached hydrogens (primary N) is 1. The van der Waals surface area contributed by atoms with Gasteiger partial charge in [-0.25, -0.2) is 0 Å². The molecule has 0 saturated carbocycles. The second-order valence-electron chi connectivity index (χ2n) is 1.64. The van der Waals surface area contributed by atoms with Gasteiger partial charge in [0.1, 0.15) is 6.67 Å². The lowest BCUT2D eigenvalue weighted by Gasteiger charge is -1.87. The molecular weight excluding hydrogens is 102 g/mol. The van der Waals surface area contributed by atoms with Gasteiger partial charge in [-0.1, -0.05) is 0 Å². The lowest BCUT2D eigenvalue weighted by Crippen LogP contribution is -2.06. The summed E-state index contributed by atoms with van der Waals surface area (Å²) in [6.45, 7) is 1.28. The monoisotopic (exact) mass is 111 g/mol. The van der Waals surface area contributed by atoms with Crippen LogP contribution in [0.3, 0.4) is 0 Å². The lowest BCUT2D eigenvalue weighted by molar-refractivity contribution is 1.03. The highest BCUT2D eigenvalue weighted by Crippen LogP contribution is 1.89. The molecule has 44 valence electrons. The molecule has 1 aliphatic heterocycles. The van der Waals surface area contributed by atoms with Crippen LogP contribution in [0.1, 0.15) is 6.42 Å². The lowest BCUT2D eigenvalue weighted by atomic mass is 10.3. The van der Waals surface area contributed by atoms with Crippen molar-refractivity contribution in [2.75, 3.05) is 13.2 Å². The first kappa shape index (κ1) is 5.44. The SMILES string of the molecule is NCCC1=NCN=C1. The van der Waals surface area contributed by atoms with Crippen LogP contribution in [0, 0.1) is 0 Å². The Balaban J connectivity index is 2.34. The molecule has 0 bridgehead atoms. The first-order valence-electron chi connectivity index (χ1n) is 2.66. The van der Waals surface area contributed by atoms with Gasteiger partial charge in [0.25, 0.3) is 0 Å². The van der Waals surface area contributed by atoms with Gasteiger partial charge in [-0.05, 0) is 6.54 Å². The highest BCUT2D eigenvalue weighted by atomic mass is 15.0. The maximum absolute atomic E-state index is 5.27. The fourth-order valence-corrected chi connectivity index (χ4v) is 0.610. The van der Waals surface area contributed by atoms with Crippen LogP contribution in [0.5, 0.6) is 0 Å². The number of rotatable bonds is 2. The van der Waals surface area contributed by atoms with Crippen LogP contribution in [0.15, 0.2) is 9.98 Å². The van der Waals surface area contributed by atoms with Crippen molar-refractivity contribution in [1.29, 1.82) is 0 Å². The largest absolute Gasteiger partial charge is 0.330 e. The minimum atomic E-state index is 0.606. The van der Waals surface area contributed by atoms with Gasteiger partial charge >= 0.3 is 0 Å². The summed E-state index contributed by atoms with van der Waals surface area (Å²) in [6.07, 6.45) is 2.65. The number of aliphatic imine (C=N–C) groups is 2. The molecule has 0 unspecified atom stereocenters. The van der Waals surface area contributed by atoms with E-state index in [0.717, 1.165) is 12.1 Å². The molecule has 0 amide bonds. The molecule has 1 rings (SSSR count). The Morgan fingerprint density at radius 2 is 2.62 bits per heavy atom. The van der Waals surface area contributed by atoms with E-state index in [0.29, 0.717) is 13.2 Å². The summed E-state index contributed by atoms with van der Waals surface area (Å²) in [4.78, 5) is 7.94. The molecule has 3 nitrogen and oxygen atoms in total. The molecule has 0 radical (unpaired) electrons. The Morgan fingerprint density at radius 1 is 1.75 bits per heavy atom. The van der Waals surface area contributed by atoms with E-state index < -0.39 is 0 Å². The van der Waals surface area contributed by atoms with Crippen molar-refractivity contribution in [3.8, 4) is 0 Å². The summed E-state index contributed by atoms with van der Waals surface area (Å²) in [7, 11) is 0. The molecule has 0 atom stereocenters. The van der Waals surface area contributed by atoms with Gasteiger partial charge in [0.2, 0.25) is 0 Å². The van der Waals surface area contributed by atoms with Crippen LogP contribution >= 0.6 is 0 Å². The maximum atomic E-state index is 5.27. The third-order valence-corrected chi connectivity index (χ3v) is 0.996. The normalized spacial score (nSPS) is 16.9. The summed E-state index contributed by atoms with van der Waals surface area (Å²) < 4.78 is 0. The van der Waals surface area contributed by atoms with Crippen molar-refractivity contribution in [3.05, 3.63) is 0 Å². The summed E-state index contributed by atoms with van der Waals surface area (Å²) >= 11 is 0. The first-order valence-corrected chi connectivity index (χ1v) is 2.66. The van der Waals surface area contributed by atoms with Crippen molar-refractivity contribution < 1.29 is 0 Å². The molecule has 1 aliphatic rings. The zero-order chi connectivity index (χ0) is 5.82. The summed E-state index contributed by atoms with van der Waals surface area (Å²) in [5.41, 5.74) is 6.30. The van der Waals surface area contributed by atoms with Gasteiger partial charge in [0, 0.05) is 12.6 Å². The van der Waals surface area contributed by atoms with Crippen molar-refractivity contribution in [1.82, 2.24) is 0 Å². The zero-order valence-electron chi connectivity index (χ0n) is 4.67. The second-order valence-corrected chi connectivity index (χ2v) is 1.64. The van der Waals surface area contributed by atoms with Gasteiger partial charge in [-0.3, -0.25) is 9.98 Å². The van der Waals surface area contributed by atoms with E-state index in [1.54, 1.807) is 6.21 Å². The Bertz CT molecular complexity index is 126. The fraction of sp³-hybridized carbons (Fsp3) is 0.600. The van der Waals surface area contributed by atoms with E-state index in [9.17, 15) is 0 Å². The van der Waals surface area contributed by atoms with E-state index in [-0.39, 0.29) is 0 Å². The van der Waals surface area contributed by atoms with Crippen molar-refractivity contribution in [2.45, 2.75) is 6.42 Å². The molecule has 2 N–H and O–H groups in total. The molecule has 0 aliphatic carbocycles. The average molecular weight is 111 g/mol.